The van der Waals surface area contributed by atoms with Gasteiger partial charge in [-0.15, -0.1) is 24.8 Å². The van der Waals surface area contributed by atoms with E-state index in [1.54, 1.807) is 0 Å². The van der Waals surface area contributed by atoms with Crippen molar-refractivity contribution in [3.63, 3.8) is 0 Å². The van der Waals surface area contributed by atoms with Gasteiger partial charge in [-0.3, -0.25) is 4.90 Å². The van der Waals surface area contributed by atoms with E-state index >= 15 is 0 Å². The van der Waals surface area contributed by atoms with Gasteiger partial charge >= 0.3 is 0 Å². The topological polar surface area (TPSA) is 39.1 Å². The molecule has 4 nitrogen and oxygen atoms in total. The molecule has 0 unspecified atom stereocenters. The van der Waals surface area contributed by atoms with Crippen LogP contribution in [0.15, 0.2) is 53.5 Å². The molecule has 2 aliphatic rings. The molecule has 2 aromatic carbocycles. The summed E-state index contributed by atoms with van der Waals surface area (Å²) in [5.74, 6) is 0.979. The van der Waals surface area contributed by atoms with Crippen molar-refractivity contribution in [2.75, 3.05) is 39.3 Å². The first-order valence-electron chi connectivity index (χ1n) is 9.56. The lowest BCUT2D eigenvalue weighted by molar-refractivity contribution is 0.148. The van der Waals surface area contributed by atoms with Crippen molar-refractivity contribution in [1.82, 2.24) is 9.80 Å². The van der Waals surface area contributed by atoms with Crippen LogP contribution in [0.5, 0.6) is 0 Å². The number of aliphatic hydroxyl groups is 1. The van der Waals surface area contributed by atoms with Crippen molar-refractivity contribution in [3.8, 4) is 0 Å². The number of benzene rings is 2. The van der Waals surface area contributed by atoms with Gasteiger partial charge in [-0.05, 0) is 41.8 Å². The van der Waals surface area contributed by atoms with Crippen LogP contribution in [0.25, 0.3) is 5.57 Å². The number of allylic oxidation sites excluding steroid dienone is 1. The van der Waals surface area contributed by atoms with Crippen LogP contribution < -0.4 is 0 Å². The first kappa shape index (κ1) is 25.0. The average molecular weight is 489 g/mol. The molecule has 8 heteroatoms. The highest BCUT2D eigenvalue weighted by Crippen LogP contribution is 2.32. The summed E-state index contributed by atoms with van der Waals surface area (Å²) in [6, 6.07) is 13.9. The van der Waals surface area contributed by atoms with Crippen LogP contribution in [-0.4, -0.2) is 60.1 Å². The molecule has 0 aromatic heterocycles. The Balaban J connectivity index is 0.00000160. The number of aliphatic imine (C=N–C) groups is 1. The van der Waals surface area contributed by atoms with Crippen LogP contribution >= 0.6 is 48.0 Å². The minimum atomic E-state index is 0. The van der Waals surface area contributed by atoms with E-state index in [-0.39, 0.29) is 31.4 Å². The van der Waals surface area contributed by atoms with Crippen molar-refractivity contribution in [3.05, 3.63) is 69.7 Å². The fraction of sp³-hybridized carbons (Fsp3) is 0.318. The summed E-state index contributed by atoms with van der Waals surface area (Å²) in [7, 11) is 0. The summed E-state index contributed by atoms with van der Waals surface area (Å²) >= 11 is 12.3. The van der Waals surface area contributed by atoms with E-state index < -0.39 is 0 Å². The molecule has 0 atom stereocenters. The average Bonchev–Trinajstić information content (AvgIpc) is 2.89. The van der Waals surface area contributed by atoms with E-state index in [9.17, 15) is 5.11 Å². The van der Waals surface area contributed by atoms with Crippen LogP contribution in [0.4, 0.5) is 5.69 Å². The van der Waals surface area contributed by atoms with E-state index in [0.29, 0.717) is 5.02 Å². The number of β-amino-alcohol motifs (C(OH)–C–C–N with tert-alkyl or cyclic N) is 1. The fourth-order valence-corrected chi connectivity index (χ4v) is 4.03. The second-order valence-electron chi connectivity index (χ2n) is 7.09. The van der Waals surface area contributed by atoms with E-state index in [4.69, 9.17) is 28.2 Å². The minimum absolute atomic E-state index is 0. The molecule has 2 aromatic rings. The zero-order valence-electron chi connectivity index (χ0n) is 16.4. The van der Waals surface area contributed by atoms with Gasteiger partial charge in [0.15, 0.2) is 0 Å². The molecule has 1 saturated heterocycles. The highest BCUT2D eigenvalue weighted by molar-refractivity contribution is 6.31. The summed E-state index contributed by atoms with van der Waals surface area (Å²) < 4.78 is 0. The molecule has 2 aliphatic heterocycles. The first-order valence-corrected chi connectivity index (χ1v) is 10.3. The highest BCUT2D eigenvalue weighted by atomic mass is 35.5. The van der Waals surface area contributed by atoms with Crippen molar-refractivity contribution in [2.24, 2.45) is 4.99 Å². The van der Waals surface area contributed by atoms with Gasteiger partial charge in [-0.1, -0.05) is 47.5 Å². The van der Waals surface area contributed by atoms with E-state index in [1.165, 1.54) is 5.56 Å². The van der Waals surface area contributed by atoms with Gasteiger partial charge in [-0.2, -0.15) is 0 Å². The molecule has 30 heavy (non-hydrogen) atoms. The number of nitrogens with zero attached hydrogens (tertiary/aromatic N) is 3. The molecule has 1 fully saturated rings. The summed E-state index contributed by atoms with van der Waals surface area (Å²) in [6.45, 7) is 4.49. The summed E-state index contributed by atoms with van der Waals surface area (Å²) in [5, 5.41) is 10.6. The molecule has 0 aliphatic carbocycles. The van der Waals surface area contributed by atoms with E-state index in [1.807, 2.05) is 24.3 Å². The Hall–Kier alpha value is -1.27. The maximum atomic E-state index is 9.21. The Labute approximate surface area is 200 Å². The summed E-state index contributed by atoms with van der Waals surface area (Å²) in [5.41, 5.74) is 4.34. The lowest BCUT2D eigenvalue weighted by Crippen LogP contribution is -2.49. The van der Waals surface area contributed by atoms with Crippen molar-refractivity contribution in [1.29, 1.82) is 0 Å². The van der Waals surface area contributed by atoms with Gasteiger partial charge in [0, 0.05) is 48.3 Å². The third kappa shape index (κ3) is 5.70. The molecular formula is C22H25Cl4N3O. The molecule has 4 rings (SSSR count). The third-order valence-corrected chi connectivity index (χ3v) is 5.77. The third-order valence-electron chi connectivity index (χ3n) is 5.28. The molecule has 0 saturated carbocycles. The predicted molar refractivity (Wildman–Crippen MR) is 131 cm³/mol. The van der Waals surface area contributed by atoms with Crippen LogP contribution in [0, 0.1) is 0 Å². The number of hydrogen-bond acceptors (Lipinski definition) is 4. The largest absolute Gasteiger partial charge is 0.395 e. The van der Waals surface area contributed by atoms with Gasteiger partial charge in [0.2, 0.25) is 0 Å². The number of amidine groups is 1. The van der Waals surface area contributed by atoms with Gasteiger partial charge < -0.3 is 10.0 Å². The lowest BCUT2D eigenvalue weighted by atomic mass is 10.0. The van der Waals surface area contributed by atoms with Gasteiger partial charge in [0.25, 0.3) is 0 Å². The predicted octanol–water partition coefficient (Wildman–Crippen LogP) is 5.12. The van der Waals surface area contributed by atoms with Crippen LogP contribution in [0.1, 0.15) is 11.1 Å². The zero-order valence-corrected chi connectivity index (χ0v) is 19.6. The molecule has 0 radical (unpaired) electrons. The minimum Gasteiger partial charge on any atom is -0.395 e. The van der Waals surface area contributed by atoms with Crippen LogP contribution in [-0.2, 0) is 6.42 Å². The number of hydrogen-bond donors (Lipinski definition) is 1. The number of aliphatic hydroxyl groups excluding tert-OH is 1. The SMILES string of the molecule is Cl.Cl.OCCN1CCN(C2=Nc3cc(Cl)ccc3CC=C2c2ccc(Cl)cc2)CC1. The van der Waals surface area contributed by atoms with Crippen molar-refractivity contribution < 1.29 is 5.11 Å². The zero-order chi connectivity index (χ0) is 19.5. The summed E-state index contributed by atoms with van der Waals surface area (Å²) in [4.78, 5) is 9.68. The second kappa shape index (κ2) is 11.4. The summed E-state index contributed by atoms with van der Waals surface area (Å²) in [6.07, 6.45) is 3.06. The number of halogens is 4. The Morgan fingerprint density at radius 3 is 2.23 bits per heavy atom. The van der Waals surface area contributed by atoms with Crippen molar-refractivity contribution in [2.45, 2.75) is 6.42 Å². The maximum absolute atomic E-state index is 9.21. The monoisotopic (exact) mass is 487 g/mol. The fourth-order valence-electron chi connectivity index (χ4n) is 3.73. The highest BCUT2D eigenvalue weighted by Gasteiger charge is 2.24. The standard InChI is InChI=1S/C22H23Cl2N3O.2ClH/c23-18-5-1-16(2-6-18)20-8-4-17-3-7-19(24)15-21(17)25-22(20)27-11-9-26(10-12-27)13-14-28;;/h1-3,5-8,15,28H,4,9-14H2;2*1H. The smallest absolute Gasteiger partial charge is 0.136 e. The molecular weight excluding hydrogens is 464 g/mol. The molecule has 2 heterocycles. The van der Waals surface area contributed by atoms with Crippen LogP contribution in [0.2, 0.25) is 10.0 Å². The number of fused-ring (bicyclic) bond motifs is 1. The first-order chi connectivity index (χ1) is 13.6. The Bertz CT molecular complexity index is 907. The van der Waals surface area contributed by atoms with E-state index in [2.05, 4.69) is 34.1 Å². The van der Waals surface area contributed by atoms with Crippen LogP contribution in [0.3, 0.4) is 0 Å². The number of piperazine rings is 1. The molecule has 0 amide bonds. The molecule has 162 valence electrons. The van der Waals surface area contributed by atoms with Gasteiger partial charge in [-0.25, -0.2) is 4.99 Å². The van der Waals surface area contributed by atoms with Gasteiger partial charge in [0.05, 0.1) is 12.3 Å². The van der Waals surface area contributed by atoms with Crippen molar-refractivity contribution >= 4 is 65.1 Å². The molecule has 0 spiro atoms. The Kier molecular flexibility index (Phi) is 9.48. The maximum Gasteiger partial charge on any atom is 0.136 e. The second-order valence-corrected chi connectivity index (χ2v) is 7.96. The lowest BCUT2D eigenvalue weighted by Gasteiger charge is -2.36. The Morgan fingerprint density at radius 2 is 1.57 bits per heavy atom. The number of rotatable bonds is 3. The quantitative estimate of drug-likeness (QED) is 0.651. The van der Waals surface area contributed by atoms with Gasteiger partial charge in [0.1, 0.15) is 5.84 Å². The normalized spacial score (nSPS) is 16.4. The molecule has 0 bridgehead atoms. The Morgan fingerprint density at radius 1 is 0.900 bits per heavy atom. The molecule has 1 N–H and O–H groups in total. The van der Waals surface area contributed by atoms with E-state index in [0.717, 1.165) is 66.8 Å².